The number of aliphatic hydroxyl groups excluding tert-OH is 1. The molecule has 5 aliphatic rings. The van der Waals surface area contributed by atoms with Crippen molar-refractivity contribution in [1.82, 2.24) is 0 Å². The molecule has 5 rings (SSSR count). The predicted octanol–water partition coefficient (Wildman–Crippen LogP) is 8.03. The van der Waals surface area contributed by atoms with Crippen molar-refractivity contribution in [1.29, 1.82) is 0 Å². The second-order valence-electron chi connectivity index (χ2n) is 14.4. The molecule has 0 heterocycles. The monoisotopic (exact) mass is 426 g/mol. The van der Waals surface area contributed by atoms with Crippen molar-refractivity contribution in [3.8, 4) is 0 Å². The van der Waals surface area contributed by atoms with Crippen LogP contribution < -0.4 is 0 Å². The highest BCUT2D eigenvalue weighted by Gasteiger charge is 2.71. The van der Waals surface area contributed by atoms with Crippen molar-refractivity contribution in [2.24, 2.45) is 56.7 Å². The first-order valence-corrected chi connectivity index (χ1v) is 13.8. The first-order valence-electron chi connectivity index (χ1n) is 13.8. The topological polar surface area (TPSA) is 20.2 Å². The van der Waals surface area contributed by atoms with Crippen molar-refractivity contribution < 1.29 is 5.11 Å². The van der Waals surface area contributed by atoms with E-state index in [4.69, 9.17) is 0 Å². The third kappa shape index (κ3) is 2.60. The molecule has 0 aliphatic heterocycles. The van der Waals surface area contributed by atoms with E-state index in [9.17, 15) is 5.11 Å². The van der Waals surface area contributed by atoms with E-state index >= 15 is 0 Å². The molecule has 0 aromatic heterocycles. The minimum Gasteiger partial charge on any atom is -0.392 e. The van der Waals surface area contributed by atoms with Crippen molar-refractivity contribution >= 4 is 0 Å². The Morgan fingerprint density at radius 1 is 0.774 bits per heavy atom. The van der Waals surface area contributed by atoms with Gasteiger partial charge in [-0.2, -0.15) is 0 Å². The van der Waals surface area contributed by atoms with Crippen LogP contribution in [-0.2, 0) is 0 Å². The van der Waals surface area contributed by atoms with Crippen LogP contribution in [-0.4, -0.2) is 11.7 Å². The second-order valence-corrected chi connectivity index (χ2v) is 14.4. The zero-order valence-corrected chi connectivity index (χ0v) is 21.7. The zero-order valence-electron chi connectivity index (χ0n) is 21.7. The summed E-state index contributed by atoms with van der Waals surface area (Å²) < 4.78 is 0. The summed E-state index contributed by atoms with van der Waals surface area (Å²) in [6.45, 7) is 18.7. The predicted molar refractivity (Wildman–Crippen MR) is 131 cm³/mol. The average Bonchev–Trinajstić information content (AvgIpc) is 3.08. The van der Waals surface area contributed by atoms with Gasteiger partial charge in [-0.05, 0) is 126 Å². The number of allylic oxidation sites excluding steroid dienone is 1. The molecule has 1 nitrogen and oxygen atoms in total. The van der Waals surface area contributed by atoms with Crippen LogP contribution in [0.4, 0.5) is 0 Å². The molecule has 0 bridgehead atoms. The van der Waals surface area contributed by atoms with Crippen molar-refractivity contribution in [3.05, 3.63) is 11.6 Å². The van der Waals surface area contributed by atoms with Gasteiger partial charge in [-0.3, -0.25) is 0 Å². The van der Waals surface area contributed by atoms with Gasteiger partial charge < -0.3 is 5.11 Å². The molecule has 0 amide bonds. The Hall–Kier alpha value is -0.300. The summed E-state index contributed by atoms with van der Waals surface area (Å²) in [7, 11) is 0. The van der Waals surface area contributed by atoms with Crippen LogP contribution in [0.2, 0.25) is 0 Å². The molecule has 0 aromatic carbocycles. The van der Waals surface area contributed by atoms with E-state index in [1.807, 2.05) is 0 Å². The number of fused-ring (bicyclic) bond motifs is 7. The van der Waals surface area contributed by atoms with Crippen molar-refractivity contribution in [2.45, 2.75) is 113 Å². The van der Waals surface area contributed by atoms with Crippen molar-refractivity contribution in [3.63, 3.8) is 0 Å². The molecule has 0 radical (unpaired) electrons. The highest BCUT2D eigenvalue weighted by atomic mass is 16.3. The number of hydrogen-bond acceptors (Lipinski definition) is 1. The van der Waals surface area contributed by atoms with Crippen LogP contribution in [0.5, 0.6) is 0 Å². The minimum absolute atomic E-state index is 0.238. The van der Waals surface area contributed by atoms with Crippen LogP contribution in [0.1, 0.15) is 113 Å². The fourth-order valence-electron chi connectivity index (χ4n) is 11.8. The molecule has 9 atom stereocenters. The lowest BCUT2D eigenvalue weighted by molar-refractivity contribution is -0.235. The highest BCUT2D eigenvalue weighted by molar-refractivity contribution is 5.26. The van der Waals surface area contributed by atoms with Crippen LogP contribution >= 0.6 is 0 Å². The Kier molecular flexibility index (Phi) is 4.98. The Morgan fingerprint density at radius 3 is 2.00 bits per heavy atom. The SMILES string of the molecule is CC(C)C1CCC2C1(C)CCC1(C)C3CCC4(C)C(CO)=CCCC4C3(C)CCC21C. The van der Waals surface area contributed by atoms with E-state index in [0.29, 0.717) is 21.7 Å². The Morgan fingerprint density at radius 2 is 1.39 bits per heavy atom. The van der Waals surface area contributed by atoms with Gasteiger partial charge in [0.15, 0.2) is 0 Å². The van der Waals surface area contributed by atoms with E-state index in [0.717, 1.165) is 29.6 Å². The summed E-state index contributed by atoms with van der Waals surface area (Å²) in [6, 6.07) is 0. The summed E-state index contributed by atoms with van der Waals surface area (Å²) in [6.07, 6.45) is 16.3. The molecule has 0 saturated heterocycles. The highest BCUT2D eigenvalue weighted by Crippen LogP contribution is 2.78. The normalized spacial score (nSPS) is 56.4. The van der Waals surface area contributed by atoms with Gasteiger partial charge in [0.2, 0.25) is 0 Å². The molecule has 176 valence electrons. The molecule has 0 spiro atoms. The largest absolute Gasteiger partial charge is 0.392 e. The minimum atomic E-state index is 0.238. The molecule has 5 aliphatic carbocycles. The lowest BCUT2D eigenvalue weighted by Crippen LogP contribution is -2.66. The van der Waals surface area contributed by atoms with Gasteiger partial charge in [-0.25, -0.2) is 0 Å². The van der Waals surface area contributed by atoms with Gasteiger partial charge in [0.25, 0.3) is 0 Å². The molecule has 9 unspecified atom stereocenters. The molecule has 4 saturated carbocycles. The fraction of sp³-hybridized carbons (Fsp3) is 0.933. The van der Waals surface area contributed by atoms with E-state index < -0.39 is 0 Å². The maximum absolute atomic E-state index is 10.2. The zero-order chi connectivity index (χ0) is 22.4. The van der Waals surface area contributed by atoms with Gasteiger partial charge in [0.1, 0.15) is 0 Å². The Balaban J connectivity index is 1.53. The van der Waals surface area contributed by atoms with Gasteiger partial charge in [-0.15, -0.1) is 0 Å². The molecular formula is C30H50O. The standard InChI is InChI=1S/C30H50O/c1-20(2)22-11-12-24-27(22,4)15-17-30(7)25-13-14-26(3)21(19-31)9-8-10-23(26)28(25,5)16-18-29(24,30)6/h9,20,22-25,31H,8,10-19H2,1-7H3. The maximum Gasteiger partial charge on any atom is 0.0647 e. The Bertz CT molecular complexity index is 766. The molecule has 4 fully saturated rings. The van der Waals surface area contributed by atoms with Crippen LogP contribution in [0.25, 0.3) is 0 Å². The third-order valence-corrected chi connectivity index (χ3v) is 13.5. The quantitative estimate of drug-likeness (QED) is 0.443. The summed E-state index contributed by atoms with van der Waals surface area (Å²) >= 11 is 0. The van der Waals surface area contributed by atoms with Gasteiger partial charge in [0, 0.05) is 0 Å². The molecule has 31 heavy (non-hydrogen) atoms. The third-order valence-electron chi connectivity index (χ3n) is 13.5. The number of hydrogen-bond donors (Lipinski definition) is 1. The summed E-state index contributed by atoms with van der Waals surface area (Å²) in [5.74, 6) is 4.30. The number of aliphatic hydroxyl groups is 1. The van der Waals surface area contributed by atoms with E-state index in [1.54, 1.807) is 0 Å². The first kappa shape index (κ1) is 22.5. The number of rotatable bonds is 2. The molecule has 1 N–H and O–H groups in total. The lowest BCUT2D eigenvalue weighted by Gasteiger charge is -2.73. The van der Waals surface area contributed by atoms with Gasteiger partial charge in [0.05, 0.1) is 6.61 Å². The first-order chi connectivity index (χ1) is 14.5. The summed E-state index contributed by atoms with van der Waals surface area (Å²) in [4.78, 5) is 0. The Labute approximate surface area is 192 Å². The fourth-order valence-corrected chi connectivity index (χ4v) is 11.8. The second kappa shape index (κ2) is 6.86. The van der Waals surface area contributed by atoms with Gasteiger partial charge in [-0.1, -0.05) is 54.5 Å². The average molecular weight is 427 g/mol. The maximum atomic E-state index is 10.2. The summed E-state index contributed by atoms with van der Waals surface area (Å²) in [5, 5.41) is 10.2. The van der Waals surface area contributed by atoms with E-state index in [-0.39, 0.29) is 12.0 Å². The smallest absolute Gasteiger partial charge is 0.0647 e. The van der Waals surface area contributed by atoms with Crippen LogP contribution in [0.3, 0.4) is 0 Å². The molecule has 0 aromatic rings. The van der Waals surface area contributed by atoms with Crippen molar-refractivity contribution in [2.75, 3.05) is 6.61 Å². The lowest BCUT2D eigenvalue weighted by atomic mass is 9.32. The molecule has 1 heteroatoms. The van der Waals surface area contributed by atoms with Gasteiger partial charge >= 0.3 is 0 Å². The van der Waals surface area contributed by atoms with Crippen LogP contribution in [0.15, 0.2) is 11.6 Å². The molecular weight excluding hydrogens is 376 g/mol. The van der Waals surface area contributed by atoms with E-state index in [2.05, 4.69) is 54.5 Å². The van der Waals surface area contributed by atoms with E-state index in [1.165, 1.54) is 69.8 Å². The van der Waals surface area contributed by atoms with Crippen LogP contribution in [0, 0.1) is 56.7 Å². The summed E-state index contributed by atoms with van der Waals surface area (Å²) in [5.41, 5.74) is 3.61.